The summed E-state index contributed by atoms with van der Waals surface area (Å²) < 4.78 is 5.92. The summed E-state index contributed by atoms with van der Waals surface area (Å²) in [4.78, 5) is 25.7. The molecule has 7 nitrogen and oxygen atoms in total. The quantitative estimate of drug-likeness (QED) is 0.258. The average Bonchev–Trinajstić information content (AvgIpc) is 2.92. The van der Waals surface area contributed by atoms with Gasteiger partial charge in [-0.05, 0) is 52.9 Å². The Balaban J connectivity index is 1.42. The van der Waals surface area contributed by atoms with E-state index in [0.29, 0.717) is 25.1 Å². The first-order valence-electron chi connectivity index (χ1n) is 12.1. The lowest BCUT2D eigenvalue weighted by Gasteiger charge is -2.15. The molecule has 4 rings (SSSR count). The molecule has 37 heavy (non-hydrogen) atoms. The van der Waals surface area contributed by atoms with Crippen LogP contribution < -0.4 is 20.1 Å². The van der Waals surface area contributed by atoms with Crippen molar-refractivity contribution < 1.29 is 19.1 Å². The van der Waals surface area contributed by atoms with E-state index >= 15 is 0 Å². The fourth-order valence-electron chi connectivity index (χ4n) is 4.10. The highest BCUT2D eigenvalue weighted by Crippen LogP contribution is 2.27. The van der Waals surface area contributed by atoms with Crippen molar-refractivity contribution >= 4 is 11.8 Å². The number of ether oxygens (including phenoxy) is 1. The monoisotopic (exact) mass is 495 g/mol. The van der Waals surface area contributed by atoms with Gasteiger partial charge in [0.25, 0.3) is 5.91 Å². The summed E-state index contributed by atoms with van der Waals surface area (Å²) >= 11 is 0. The molecule has 0 saturated carbocycles. The molecule has 2 N–H and O–H groups in total. The van der Waals surface area contributed by atoms with Gasteiger partial charge in [0, 0.05) is 30.3 Å². The predicted molar refractivity (Wildman–Crippen MR) is 142 cm³/mol. The number of benzene rings is 3. The minimum Gasteiger partial charge on any atom is -0.619 e. The van der Waals surface area contributed by atoms with Crippen LogP contribution in [0.25, 0.3) is 11.1 Å². The first-order valence-corrected chi connectivity index (χ1v) is 12.1. The summed E-state index contributed by atoms with van der Waals surface area (Å²) in [5, 5.41) is 17.4. The zero-order valence-electron chi connectivity index (χ0n) is 20.6. The molecule has 2 amide bonds. The van der Waals surface area contributed by atoms with Crippen molar-refractivity contribution in [2.45, 2.75) is 19.4 Å². The summed E-state index contributed by atoms with van der Waals surface area (Å²) in [6.45, 7) is 0.741. The van der Waals surface area contributed by atoms with E-state index in [4.69, 9.17) is 4.74 Å². The molecule has 0 saturated heterocycles. The lowest BCUT2D eigenvalue weighted by molar-refractivity contribution is -0.605. The number of amides is 2. The first kappa shape index (κ1) is 25.4. The molecular weight excluding hydrogens is 466 g/mol. The number of methoxy groups -OCH3 is 1. The van der Waals surface area contributed by atoms with Gasteiger partial charge in [0.15, 0.2) is 12.4 Å². The van der Waals surface area contributed by atoms with E-state index in [-0.39, 0.29) is 18.2 Å². The van der Waals surface area contributed by atoms with E-state index in [1.807, 2.05) is 72.8 Å². The number of carbonyl (C=O) groups excluding carboxylic acids is 2. The van der Waals surface area contributed by atoms with Crippen molar-refractivity contribution in [2.24, 2.45) is 0 Å². The van der Waals surface area contributed by atoms with E-state index < -0.39 is 0 Å². The van der Waals surface area contributed by atoms with Gasteiger partial charge in [0.1, 0.15) is 5.75 Å². The standard InChI is InChI=1S/C30H29N3O4/c1-37-25-14-12-22(13-15-25)19-29(34)32-20-24-8-2-3-9-26(24)27-10-4-5-11-28(27)30(35)31-17-16-23-7-6-18-33(36)21-23/h2-15,18,21H,16-17,19-20H2,1H3,(H,31,35)(H,32,34). The van der Waals surface area contributed by atoms with E-state index in [0.717, 1.165) is 38.3 Å². The van der Waals surface area contributed by atoms with Crippen molar-refractivity contribution in [3.63, 3.8) is 0 Å². The maximum absolute atomic E-state index is 13.1. The molecule has 0 aliphatic rings. The molecule has 0 spiro atoms. The number of hydrogen-bond acceptors (Lipinski definition) is 4. The Kier molecular flexibility index (Phi) is 8.49. The third kappa shape index (κ3) is 6.95. The molecule has 7 heteroatoms. The first-order chi connectivity index (χ1) is 18.0. The van der Waals surface area contributed by atoms with Gasteiger partial charge in [-0.25, -0.2) is 0 Å². The highest BCUT2D eigenvalue weighted by molar-refractivity contribution is 6.01. The topological polar surface area (TPSA) is 94.4 Å². The molecule has 188 valence electrons. The predicted octanol–water partition coefficient (Wildman–Crippen LogP) is 3.83. The fraction of sp³-hybridized carbons (Fsp3) is 0.167. The van der Waals surface area contributed by atoms with Crippen molar-refractivity contribution in [3.05, 3.63) is 125 Å². The number of nitrogens with one attached hydrogen (secondary N) is 2. The molecule has 0 radical (unpaired) electrons. The summed E-state index contributed by atoms with van der Waals surface area (Å²) in [6, 6.07) is 26.1. The van der Waals surface area contributed by atoms with Crippen LogP contribution in [-0.4, -0.2) is 25.5 Å². The molecule has 1 heterocycles. The van der Waals surface area contributed by atoms with E-state index in [1.165, 1.54) is 12.4 Å². The van der Waals surface area contributed by atoms with Gasteiger partial charge in [-0.1, -0.05) is 54.6 Å². The minimum atomic E-state index is -0.195. The molecule has 0 bridgehead atoms. The lowest BCUT2D eigenvalue weighted by Crippen LogP contribution is -2.28. The van der Waals surface area contributed by atoms with Gasteiger partial charge in [-0.15, -0.1) is 0 Å². The second-order valence-electron chi connectivity index (χ2n) is 8.58. The Morgan fingerprint density at radius 1 is 0.838 bits per heavy atom. The largest absolute Gasteiger partial charge is 0.619 e. The smallest absolute Gasteiger partial charge is 0.251 e. The maximum Gasteiger partial charge on any atom is 0.251 e. The van der Waals surface area contributed by atoms with Crippen LogP contribution in [0.2, 0.25) is 0 Å². The molecule has 1 aromatic heterocycles. The Bertz CT molecular complexity index is 1370. The van der Waals surface area contributed by atoms with E-state index in [9.17, 15) is 14.8 Å². The molecule has 0 aliphatic carbocycles. The third-order valence-electron chi connectivity index (χ3n) is 6.01. The summed E-state index contributed by atoms with van der Waals surface area (Å²) in [5.74, 6) is 0.461. The zero-order valence-corrected chi connectivity index (χ0v) is 20.6. The molecule has 0 atom stereocenters. The van der Waals surface area contributed by atoms with Gasteiger partial charge < -0.3 is 20.6 Å². The zero-order chi connectivity index (χ0) is 26.0. The average molecular weight is 496 g/mol. The fourth-order valence-corrected chi connectivity index (χ4v) is 4.10. The van der Waals surface area contributed by atoms with Crippen LogP contribution in [0, 0.1) is 5.21 Å². The Morgan fingerprint density at radius 2 is 1.57 bits per heavy atom. The Morgan fingerprint density at radius 3 is 2.32 bits per heavy atom. The van der Waals surface area contributed by atoms with Gasteiger partial charge in [0.05, 0.1) is 13.5 Å². The van der Waals surface area contributed by atoms with Crippen LogP contribution >= 0.6 is 0 Å². The Labute approximate surface area is 216 Å². The molecule has 0 fully saturated rings. The lowest BCUT2D eigenvalue weighted by atomic mass is 9.95. The Hall–Kier alpha value is -4.65. The van der Waals surface area contributed by atoms with Gasteiger partial charge >= 0.3 is 0 Å². The van der Waals surface area contributed by atoms with Crippen molar-refractivity contribution in [3.8, 4) is 16.9 Å². The van der Waals surface area contributed by atoms with Crippen LogP contribution in [0.4, 0.5) is 0 Å². The molecule has 4 aromatic rings. The van der Waals surface area contributed by atoms with Crippen LogP contribution in [-0.2, 0) is 24.2 Å². The summed E-state index contributed by atoms with van der Waals surface area (Å²) in [5.41, 5.74) is 4.88. The number of rotatable bonds is 10. The van der Waals surface area contributed by atoms with Crippen LogP contribution in [0.15, 0.2) is 97.3 Å². The molecule has 0 aliphatic heterocycles. The van der Waals surface area contributed by atoms with Crippen molar-refractivity contribution in [2.75, 3.05) is 13.7 Å². The second kappa shape index (κ2) is 12.4. The number of carbonyl (C=O) groups is 2. The molecule has 0 unspecified atom stereocenters. The second-order valence-corrected chi connectivity index (χ2v) is 8.58. The minimum absolute atomic E-state index is 0.0914. The number of hydrogen-bond donors (Lipinski definition) is 2. The van der Waals surface area contributed by atoms with E-state index in [1.54, 1.807) is 19.2 Å². The van der Waals surface area contributed by atoms with Crippen LogP contribution in [0.5, 0.6) is 5.75 Å². The van der Waals surface area contributed by atoms with E-state index in [2.05, 4.69) is 10.6 Å². The van der Waals surface area contributed by atoms with Crippen LogP contribution in [0.3, 0.4) is 0 Å². The number of nitrogens with zero attached hydrogens (tertiary/aromatic N) is 1. The van der Waals surface area contributed by atoms with Gasteiger partial charge in [-0.2, -0.15) is 4.73 Å². The normalized spacial score (nSPS) is 10.5. The van der Waals surface area contributed by atoms with Crippen LogP contribution in [0.1, 0.15) is 27.0 Å². The number of aromatic nitrogens is 1. The summed E-state index contributed by atoms with van der Waals surface area (Å²) in [6.07, 6.45) is 3.74. The van der Waals surface area contributed by atoms with Crippen molar-refractivity contribution in [1.82, 2.24) is 10.6 Å². The highest BCUT2D eigenvalue weighted by atomic mass is 16.5. The number of pyridine rings is 1. The van der Waals surface area contributed by atoms with Gasteiger partial charge in [-0.3, -0.25) is 9.59 Å². The third-order valence-corrected chi connectivity index (χ3v) is 6.01. The van der Waals surface area contributed by atoms with Gasteiger partial charge in [0.2, 0.25) is 5.91 Å². The maximum atomic E-state index is 13.1. The highest BCUT2D eigenvalue weighted by Gasteiger charge is 2.15. The SMILES string of the molecule is COc1ccc(CC(=O)NCc2ccccc2-c2ccccc2C(=O)NCCc2ccc[n+]([O-])c2)cc1. The molecular formula is C30H29N3O4. The molecule has 3 aromatic carbocycles. The van der Waals surface area contributed by atoms with Crippen molar-refractivity contribution in [1.29, 1.82) is 0 Å². The summed E-state index contributed by atoms with van der Waals surface area (Å²) in [7, 11) is 1.61.